The number of rotatable bonds is 3. The van der Waals surface area contributed by atoms with Gasteiger partial charge in [0.05, 0.1) is 28.3 Å². The van der Waals surface area contributed by atoms with Crippen LogP contribution in [0.15, 0.2) is 29.8 Å². The van der Waals surface area contributed by atoms with Gasteiger partial charge < -0.3 is 15.3 Å². The second-order valence-corrected chi connectivity index (χ2v) is 5.50. The Bertz CT molecular complexity index is 641. The van der Waals surface area contributed by atoms with E-state index in [0.29, 0.717) is 12.1 Å². The average molecular weight is 289 g/mol. The standard InChI is InChI=1S/C14H15N3O2S/c1-9-12(20-8-15-9)13-16-11-5-3-2-4-10(11)14(19)17(13)6-7-18/h2-5,8,13,16,18H,6-7H2,1H3/t13-/m1/s1. The number of amides is 1. The predicted octanol–water partition coefficient (Wildman–Crippen LogP) is 2.01. The topological polar surface area (TPSA) is 65.5 Å². The fraction of sp³-hybridized carbons (Fsp3) is 0.286. The maximum Gasteiger partial charge on any atom is 0.257 e. The first-order chi connectivity index (χ1) is 9.72. The molecule has 6 heteroatoms. The van der Waals surface area contributed by atoms with Crippen LogP contribution in [0.1, 0.15) is 27.1 Å². The lowest BCUT2D eigenvalue weighted by molar-refractivity contribution is 0.0643. The number of fused-ring (bicyclic) bond motifs is 1. The average Bonchev–Trinajstić information content (AvgIpc) is 2.88. The van der Waals surface area contributed by atoms with Gasteiger partial charge in [0, 0.05) is 12.2 Å². The number of β-amino-alcohol motifs (C(OH)–C–C–N with tert-alkyl or cyclic N) is 1. The van der Waals surface area contributed by atoms with Crippen LogP contribution < -0.4 is 5.32 Å². The Labute approximate surface area is 120 Å². The molecule has 0 saturated carbocycles. The molecule has 1 amide bonds. The lowest BCUT2D eigenvalue weighted by atomic mass is 10.1. The predicted molar refractivity (Wildman–Crippen MR) is 77.8 cm³/mol. The van der Waals surface area contributed by atoms with Crippen LogP contribution in [0, 0.1) is 6.92 Å². The van der Waals surface area contributed by atoms with E-state index in [1.54, 1.807) is 16.5 Å². The Hall–Kier alpha value is -1.92. The van der Waals surface area contributed by atoms with Crippen molar-refractivity contribution in [1.82, 2.24) is 9.88 Å². The third kappa shape index (κ3) is 2.07. The molecule has 1 aromatic carbocycles. The van der Waals surface area contributed by atoms with E-state index < -0.39 is 0 Å². The molecule has 0 spiro atoms. The molecule has 5 nitrogen and oxygen atoms in total. The van der Waals surface area contributed by atoms with Crippen molar-refractivity contribution in [3.8, 4) is 0 Å². The van der Waals surface area contributed by atoms with Crippen molar-refractivity contribution in [3.63, 3.8) is 0 Å². The number of aryl methyl sites for hydroxylation is 1. The SMILES string of the molecule is Cc1ncsc1[C@@H]1Nc2ccccc2C(=O)N1CCO. The highest BCUT2D eigenvalue weighted by atomic mass is 32.1. The maximum atomic E-state index is 12.6. The van der Waals surface area contributed by atoms with E-state index >= 15 is 0 Å². The Morgan fingerprint density at radius 2 is 2.25 bits per heavy atom. The Morgan fingerprint density at radius 3 is 2.95 bits per heavy atom. The minimum absolute atomic E-state index is 0.0637. The molecule has 1 aliphatic heterocycles. The van der Waals surface area contributed by atoms with Gasteiger partial charge in [0.1, 0.15) is 6.17 Å². The van der Waals surface area contributed by atoms with Crippen LogP contribution in [-0.4, -0.2) is 34.0 Å². The molecule has 2 heterocycles. The first-order valence-corrected chi connectivity index (χ1v) is 7.27. The summed E-state index contributed by atoms with van der Waals surface area (Å²) in [5.41, 5.74) is 4.14. The van der Waals surface area contributed by atoms with Crippen molar-refractivity contribution in [2.24, 2.45) is 0 Å². The number of nitrogens with zero attached hydrogens (tertiary/aromatic N) is 2. The number of aliphatic hydroxyl groups is 1. The zero-order valence-electron chi connectivity index (χ0n) is 11.0. The van der Waals surface area contributed by atoms with Crippen LogP contribution >= 0.6 is 11.3 Å². The van der Waals surface area contributed by atoms with E-state index in [2.05, 4.69) is 10.3 Å². The van der Waals surface area contributed by atoms with Crippen molar-refractivity contribution in [3.05, 3.63) is 45.9 Å². The van der Waals surface area contributed by atoms with E-state index in [-0.39, 0.29) is 18.7 Å². The summed E-state index contributed by atoms with van der Waals surface area (Å²) in [6.07, 6.45) is -0.267. The monoisotopic (exact) mass is 289 g/mol. The fourth-order valence-electron chi connectivity index (χ4n) is 2.41. The van der Waals surface area contributed by atoms with Gasteiger partial charge >= 0.3 is 0 Å². The van der Waals surface area contributed by atoms with E-state index in [4.69, 9.17) is 0 Å². The molecular formula is C14H15N3O2S. The highest BCUT2D eigenvalue weighted by molar-refractivity contribution is 7.09. The maximum absolute atomic E-state index is 12.6. The third-order valence-electron chi connectivity index (χ3n) is 3.39. The largest absolute Gasteiger partial charge is 0.395 e. The molecular weight excluding hydrogens is 274 g/mol. The second-order valence-electron chi connectivity index (χ2n) is 4.62. The van der Waals surface area contributed by atoms with Crippen molar-refractivity contribution >= 4 is 22.9 Å². The number of aliphatic hydroxyl groups excluding tert-OH is 1. The van der Waals surface area contributed by atoms with Crippen molar-refractivity contribution in [2.45, 2.75) is 13.1 Å². The summed E-state index contributed by atoms with van der Waals surface area (Å²) in [4.78, 5) is 19.5. The summed E-state index contributed by atoms with van der Waals surface area (Å²) < 4.78 is 0. The molecule has 104 valence electrons. The summed E-state index contributed by atoms with van der Waals surface area (Å²) in [6, 6.07) is 7.43. The second kappa shape index (κ2) is 5.22. The molecule has 0 bridgehead atoms. The molecule has 0 fully saturated rings. The molecule has 0 radical (unpaired) electrons. The minimum Gasteiger partial charge on any atom is -0.395 e. The van der Waals surface area contributed by atoms with Crippen LogP contribution in [0.2, 0.25) is 0 Å². The fourth-order valence-corrected chi connectivity index (χ4v) is 3.27. The Kier molecular flexibility index (Phi) is 3.42. The molecule has 0 unspecified atom stereocenters. The first kappa shape index (κ1) is 13.1. The number of nitrogens with one attached hydrogen (secondary N) is 1. The van der Waals surface area contributed by atoms with Gasteiger partial charge in [-0.05, 0) is 19.1 Å². The van der Waals surface area contributed by atoms with Gasteiger partial charge in [0.2, 0.25) is 0 Å². The van der Waals surface area contributed by atoms with Gasteiger partial charge in [-0.1, -0.05) is 12.1 Å². The van der Waals surface area contributed by atoms with Crippen molar-refractivity contribution in [2.75, 3.05) is 18.5 Å². The quantitative estimate of drug-likeness (QED) is 0.907. The number of benzene rings is 1. The zero-order chi connectivity index (χ0) is 14.1. The molecule has 2 aromatic rings. The highest BCUT2D eigenvalue weighted by Crippen LogP contribution is 2.35. The number of anilines is 1. The molecule has 1 atom stereocenters. The molecule has 0 saturated heterocycles. The van der Waals surface area contributed by atoms with Crippen LogP contribution in [0.25, 0.3) is 0 Å². The number of para-hydroxylation sites is 1. The number of carbonyl (C=O) groups excluding carboxylic acids is 1. The molecule has 2 N–H and O–H groups in total. The summed E-state index contributed by atoms with van der Waals surface area (Å²) in [6.45, 7) is 2.15. The first-order valence-electron chi connectivity index (χ1n) is 6.39. The number of thiazole rings is 1. The smallest absolute Gasteiger partial charge is 0.257 e. The number of hydrogen-bond acceptors (Lipinski definition) is 5. The molecule has 20 heavy (non-hydrogen) atoms. The highest BCUT2D eigenvalue weighted by Gasteiger charge is 2.33. The Morgan fingerprint density at radius 1 is 1.45 bits per heavy atom. The molecule has 1 aliphatic rings. The van der Waals surface area contributed by atoms with E-state index in [9.17, 15) is 9.90 Å². The summed E-state index contributed by atoms with van der Waals surface area (Å²) in [7, 11) is 0. The van der Waals surface area contributed by atoms with Gasteiger partial charge in [0.25, 0.3) is 5.91 Å². The Balaban J connectivity index is 2.05. The lowest BCUT2D eigenvalue weighted by Crippen LogP contribution is -2.44. The minimum atomic E-state index is -0.267. The lowest BCUT2D eigenvalue weighted by Gasteiger charge is -2.37. The van der Waals surface area contributed by atoms with Gasteiger partial charge in [-0.15, -0.1) is 11.3 Å². The van der Waals surface area contributed by atoms with Crippen LogP contribution in [-0.2, 0) is 0 Å². The van der Waals surface area contributed by atoms with E-state index in [1.165, 1.54) is 11.3 Å². The van der Waals surface area contributed by atoms with Gasteiger partial charge in [0.15, 0.2) is 0 Å². The van der Waals surface area contributed by atoms with Crippen LogP contribution in [0.5, 0.6) is 0 Å². The molecule has 0 aliphatic carbocycles. The zero-order valence-corrected chi connectivity index (χ0v) is 11.9. The summed E-state index contributed by atoms with van der Waals surface area (Å²) in [5.74, 6) is -0.0637. The van der Waals surface area contributed by atoms with Gasteiger partial charge in [-0.2, -0.15) is 0 Å². The normalized spacial score (nSPS) is 17.8. The summed E-state index contributed by atoms with van der Waals surface area (Å²) in [5, 5.41) is 12.6. The number of aromatic nitrogens is 1. The molecule has 1 aromatic heterocycles. The number of hydrogen-bond donors (Lipinski definition) is 2. The van der Waals surface area contributed by atoms with Crippen LogP contribution in [0.3, 0.4) is 0 Å². The van der Waals surface area contributed by atoms with Gasteiger partial charge in [-0.25, -0.2) is 4.98 Å². The summed E-state index contributed by atoms with van der Waals surface area (Å²) >= 11 is 1.51. The van der Waals surface area contributed by atoms with Crippen molar-refractivity contribution in [1.29, 1.82) is 0 Å². The van der Waals surface area contributed by atoms with E-state index in [1.807, 2.05) is 25.1 Å². The third-order valence-corrected chi connectivity index (χ3v) is 4.38. The van der Waals surface area contributed by atoms with Crippen molar-refractivity contribution < 1.29 is 9.90 Å². The van der Waals surface area contributed by atoms with Crippen LogP contribution in [0.4, 0.5) is 5.69 Å². The van der Waals surface area contributed by atoms with Gasteiger partial charge in [-0.3, -0.25) is 4.79 Å². The molecule has 3 rings (SSSR count). The van der Waals surface area contributed by atoms with E-state index in [0.717, 1.165) is 16.3 Å². The number of carbonyl (C=O) groups is 1.